The molecule has 3 rings (SSSR count). The van der Waals surface area contributed by atoms with Gasteiger partial charge in [-0.05, 0) is 30.3 Å². The highest BCUT2D eigenvalue weighted by atomic mass is 19.1. The van der Waals surface area contributed by atoms with Crippen molar-refractivity contribution in [3.8, 4) is 0 Å². The number of anilines is 1. The first-order valence-electron chi connectivity index (χ1n) is 6.10. The Morgan fingerprint density at radius 2 is 2.16 bits per heavy atom. The van der Waals surface area contributed by atoms with Crippen LogP contribution in [0.5, 0.6) is 0 Å². The lowest BCUT2D eigenvalue weighted by molar-refractivity contribution is 0.629. The molecular formula is C14H13FN4. The highest BCUT2D eigenvalue weighted by molar-refractivity contribution is 5.77. The van der Waals surface area contributed by atoms with Crippen molar-refractivity contribution in [1.29, 1.82) is 0 Å². The van der Waals surface area contributed by atoms with Gasteiger partial charge in [0, 0.05) is 24.9 Å². The fourth-order valence-corrected chi connectivity index (χ4v) is 1.92. The summed E-state index contributed by atoms with van der Waals surface area (Å²) in [6.45, 7) is 0.722. The minimum atomic E-state index is -0.267. The third-order valence-electron chi connectivity index (χ3n) is 2.84. The standard InChI is InChI=1S/C14H13FN4/c15-10-4-5-12-13(9-10)19-14(18-12)17-8-6-11-3-1-2-7-16-11/h1-5,7,9H,6,8H2,(H2,17,18,19). The van der Waals surface area contributed by atoms with Crippen LogP contribution < -0.4 is 5.32 Å². The van der Waals surface area contributed by atoms with Gasteiger partial charge < -0.3 is 10.3 Å². The second-order valence-electron chi connectivity index (χ2n) is 4.24. The zero-order valence-electron chi connectivity index (χ0n) is 10.2. The lowest BCUT2D eigenvalue weighted by Gasteiger charge is -2.01. The summed E-state index contributed by atoms with van der Waals surface area (Å²) in [5.41, 5.74) is 2.47. The first-order valence-corrected chi connectivity index (χ1v) is 6.10. The fraction of sp³-hybridized carbons (Fsp3) is 0.143. The maximum Gasteiger partial charge on any atom is 0.201 e. The number of imidazole rings is 1. The molecule has 0 bridgehead atoms. The number of hydrogen-bond acceptors (Lipinski definition) is 3. The number of rotatable bonds is 4. The van der Waals surface area contributed by atoms with Crippen LogP contribution in [0.2, 0.25) is 0 Å². The van der Waals surface area contributed by atoms with Crippen molar-refractivity contribution in [3.63, 3.8) is 0 Å². The van der Waals surface area contributed by atoms with E-state index in [4.69, 9.17) is 0 Å². The number of halogens is 1. The van der Waals surface area contributed by atoms with E-state index in [9.17, 15) is 4.39 Å². The topological polar surface area (TPSA) is 53.6 Å². The van der Waals surface area contributed by atoms with Crippen molar-refractivity contribution in [3.05, 3.63) is 54.1 Å². The summed E-state index contributed by atoms with van der Waals surface area (Å²) in [7, 11) is 0. The number of pyridine rings is 1. The van der Waals surface area contributed by atoms with E-state index in [2.05, 4.69) is 20.3 Å². The van der Waals surface area contributed by atoms with E-state index in [1.807, 2.05) is 18.2 Å². The zero-order valence-corrected chi connectivity index (χ0v) is 10.2. The first kappa shape index (κ1) is 11.6. The van der Waals surface area contributed by atoms with Crippen LogP contribution in [-0.2, 0) is 6.42 Å². The molecule has 0 radical (unpaired) electrons. The van der Waals surface area contributed by atoms with Gasteiger partial charge >= 0.3 is 0 Å². The molecule has 3 aromatic rings. The summed E-state index contributed by atoms with van der Waals surface area (Å²) >= 11 is 0. The Balaban J connectivity index is 1.65. The number of H-pyrrole nitrogens is 1. The molecule has 0 fully saturated rings. The van der Waals surface area contributed by atoms with Gasteiger partial charge in [-0.2, -0.15) is 0 Å². The molecule has 0 aliphatic carbocycles. The molecule has 5 heteroatoms. The quantitative estimate of drug-likeness (QED) is 0.754. The van der Waals surface area contributed by atoms with Crippen molar-refractivity contribution in [2.24, 2.45) is 0 Å². The van der Waals surface area contributed by atoms with Crippen molar-refractivity contribution in [2.75, 3.05) is 11.9 Å². The average molecular weight is 256 g/mol. The number of benzene rings is 1. The van der Waals surface area contributed by atoms with Gasteiger partial charge in [0.2, 0.25) is 5.95 Å². The molecule has 0 aliphatic rings. The van der Waals surface area contributed by atoms with E-state index >= 15 is 0 Å². The molecule has 0 atom stereocenters. The van der Waals surface area contributed by atoms with Gasteiger partial charge in [0.1, 0.15) is 5.82 Å². The van der Waals surface area contributed by atoms with Crippen LogP contribution in [-0.4, -0.2) is 21.5 Å². The van der Waals surface area contributed by atoms with E-state index in [0.717, 1.165) is 24.2 Å². The van der Waals surface area contributed by atoms with E-state index in [1.165, 1.54) is 12.1 Å². The van der Waals surface area contributed by atoms with Gasteiger partial charge in [-0.25, -0.2) is 9.37 Å². The molecular weight excluding hydrogens is 243 g/mol. The van der Waals surface area contributed by atoms with Crippen molar-refractivity contribution in [2.45, 2.75) is 6.42 Å². The Morgan fingerprint density at radius 3 is 3.00 bits per heavy atom. The fourth-order valence-electron chi connectivity index (χ4n) is 1.92. The first-order chi connectivity index (χ1) is 9.31. The predicted molar refractivity (Wildman–Crippen MR) is 72.5 cm³/mol. The number of nitrogens with one attached hydrogen (secondary N) is 2. The van der Waals surface area contributed by atoms with Crippen molar-refractivity contribution >= 4 is 17.0 Å². The molecule has 4 nitrogen and oxygen atoms in total. The zero-order chi connectivity index (χ0) is 13.1. The van der Waals surface area contributed by atoms with Crippen LogP contribution in [0.15, 0.2) is 42.6 Å². The second kappa shape index (κ2) is 5.06. The van der Waals surface area contributed by atoms with Crippen molar-refractivity contribution < 1.29 is 4.39 Å². The lowest BCUT2D eigenvalue weighted by Crippen LogP contribution is -2.06. The molecule has 2 heterocycles. The van der Waals surface area contributed by atoms with Gasteiger partial charge in [0.05, 0.1) is 11.0 Å². The minimum absolute atomic E-state index is 0.267. The van der Waals surface area contributed by atoms with E-state index in [-0.39, 0.29) is 5.82 Å². The molecule has 0 saturated heterocycles. The van der Waals surface area contributed by atoms with Gasteiger partial charge in [-0.1, -0.05) is 6.07 Å². The van der Waals surface area contributed by atoms with E-state index in [0.29, 0.717) is 11.5 Å². The highest BCUT2D eigenvalue weighted by Gasteiger charge is 2.03. The monoisotopic (exact) mass is 256 g/mol. The summed E-state index contributed by atoms with van der Waals surface area (Å²) < 4.78 is 13.0. The second-order valence-corrected chi connectivity index (χ2v) is 4.24. The van der Waals surface area contributed by atoms with Gasteiger partial charge in [0.25, 0.3) is 0 Å². The summed E-state index contributed by atoms with van der Waals surface area (Å²) in [6, 6.07) is 10.3. The van der Waals surface area contributed by atoms with Crippen LogP contribution in [0.1, 0.15) is 5.69 Å². The maximum atomic E-state index is 13.0. The summed E-state index contributed by atoms with van der Waals surface area (Å²) in [5, 5.41) is 3.17. The molecule has 2 aromatic heterocycles. The van der Waals surface area contributed by atoms with Crippen LogP contribution >= 0.6 is 0 Å². The predicted octanol–water partition coefficient (Wildman–Crippen LogP) is 2.75. The van der Waals surface area contributed by atoms with Gasteiger partial charge in [-0.3, -0.25) is 4.98 Å². The number of nitrogens with zero attached hydrogens (tertiary/aromatic N) is 2. The average Bonchev–Trinajstić information content (AvgIpc) is 2.82. The molecule has 2 N–H and O–H groups in total. The molecule has 0 unspecified atom stereocenters. The Kier molecular flexibility index (Phi) is 3.10. The number of aromatic nitrogens is 3. The van der Waals surface area contributed by atoms with Crippen LogP contribution in [0.3, 0.4) is 0 Å². The van der Waals surface area contributed by atoms with Gasteiger partial charge in [0.15, 0.2) is 0 Å². The summed E-state index contributed by atoms with van der Waals surface area (Å²) in [4.78, 5) is 11.6. The Hall–Kier alpha value is -2.43. The molecule has 1 aromatic carbocycles. The van der Waals surface area contributed by atoms with Crippen LogP contribution in [0, 0.1) is 5.82 Å². The largest absolute Gasteiger partial charge is 0.355 e. The van der Waals surface area contributed by atoms with Gasteiger partial charge in [-0.15, -0.1) is 0 Å². The van der Waals surface area contributed by atoms with Crippen LogP contribution in [0.4, 0.5) is 10.3 Å². The third kappa shape index (κ3) is 2.70. The van der Waals surface area contributed by atoms with Crippen molar-refractivity contribution in [1.82, 2.24) is 15.0 Å². The Labute approximate surface area is 109 Å². The lowest BCUT2D eigenvalue weighted by atomic mass is 10.3. The molecule has 0 spiro atoms. The van der Waals surface area contributed by atoms with E-state index < -0.39 is 0 Å². The maximum absolute atomic E-state index is 13.0. The number of fused-ring (bicyclic) bond motifs is 1. The summed E-state index contributed by atoms with van der Waals surface area (Å²) in [6.07, 6.45) is 2.59. The van der Waals surface area contributed by atoms with Crippen LogP contribution in [0.25, 0.3) is 11.0 Å². The molecule has 0 saturated carbocycles. The molecule has 19 heavy (non-hydrogen) atoms. The number of hydrogen-bond donors (Lipinski definition) is 2. The van der Waals surface area contributed by atoms with E-state index in [1.54, 1.807) is 12.3 Å². The SMILES string of the molecule is Fc1ccc2nc(NCCc3ccccn3)[nH]c2c1. The smallest absolute Gasteiger partial charge is 0.201 e. The highest BCUT2D eigenvalue weighted by Crippen LogP contribution is 2.15. The normalized spacial score (nSPS) is 10.8. The molecule has 0 amide bonds. The molecule has 0 aliphatic heterocycles. The minimum Gasteiger partial charge on any atom is -0.355 e. The Morgan fingerprint density at radius 1 is 1.21 bits per heavy atom. The number of aromatic amines is 1. The Bertz CT molecular complexity index is 678. The molecule has 96 valence electrons. The third-order valence-corrected chi connectivity index (χ3v) is 2.84. The summed E-state index contributed by atoms with van der Waals surface area (Å²) in [5.74, 6) is 0.382.